The SMILES string of the molecule is O=C(O)c1ccc(S(=O)(=O)O)cc1C(=O)O.O=C(O)c1cccc(S(=O)(=O)O)c1C(=O)O. The number of carboxylic acid groups (broad SMARTS) is 4. The van der Waals surface area contributed by atoms with Gasteiger partial charge in [-0.15, -0.1) is 0 Å². The minimum atomic E-state index is -4.78. The second-order valence-electron chi connectivity index (χ2n) is 5.56. The molecule has 16 heteroatoms. The lowest BCUT2D eigenvalue weighted by Crippen LogP contribution is -2.14. The third kappa shape index (κ3) is 6.32. The summed E-state index contributed by atoms with van der Waals surface area (Å²) in [4.78, 5) is 41.1. The molecule has 0 amide bonds. The van der Waals surface area contributed by atoms with Gasteiger partial charge < -0.3 is 20.4 Å². The zero-order chi connectivity index (χ0) is 25.0. The van der Waals surface area contributed by atoms with Gasteiger partial charge >= 0.3 is 23.9 Å². The lowest BCUT2D eigenvalue weighted by atomic mass is 10.1. The highest BCUT2D eigenvalue weighted by Crippen LogP contribution is 2.20. The maximum Gasteiger partial charge on any atom is 0.338 e. The molecule has 2 aromatic carbocycles. The fourth-order valence-electron chi connectivity index (χ4n) is 2.19. The summed E-state index contributed by atoms with van der Waals surface area (Å²) in [6.07, 6.45) is 0. The topological polar surface area (TPSA) is 258 Å². The van der Waals surface area contributed by atoms with Crippen LogP contribution < -0.4 is 0 Å². The molecule has 6 N–H and O–H groups in total. The second kappa shape index (κ2) is 9.52. The van der Waals surface area contributed by atoms with E-state index in [0.29, 0.717) is 6.07 Å². The van der Waals surface area contributed by atoms with Crippen molar-refractivity contribution >= 4 is 44.1 Å². The highest BCUT2D eigenvalue weighted by molar-refractivity contribution is 7.86. The smallest absolute Gasteiger partial charge is 0.338 e. The Hall–Kier alpha value is -3.86. The van der Waals surface area contributed by atoms with Gasteiger partial charge in [-0.2, -0.15) is 16.8 Å². The average Bonchev–Trinajstić information content (AvgIpc) is 2.65. The molecule has 32 heavy (non-hydrogen) atoms. The van der Waals surface area contributed by atoms with Crippen LogP contribution in [0.15, 0.2) is 46.2 Å². The Balaban J connectivity index is 0.000000320. The molecule has 0 saturated heterocycles. The number of hydrogen-bond acceptors (Lipinski definition) is 8. The number of aromatic carboxylic acids is 4. The minimum Gasteiger partial charge on any atom is -0.478 e. The molecular formula is C16H12O14S2. The van der Waals surface area contributed by atoms with E-state index >= 15 is 0 Å². The summed E-state index contributed by atoms with van der Waals surface area (Å²) in [5, 5.41) is 34.7. The van der Waals surface area contributed by atoms with Gasteiger partial charge in [0.05, 0.1) is 27.1 Å². The molecule has 0 bridgehead atoms. The molecule has 0 fully saturated rings. The van der Waals surface area contributed by atoms with Crippen molar-refractivity contribution in [2.45, 2.75) is 9.79 Å². The Morgan fingerprint density at radius 1 is 0.594 bits per heavy atom. The Morgan fingerprint density at radius 3 is 1.47 bits per heavy atom. The van der Waals surface area contributed by atoms with E-state index in [1.807, 2.05) is 0 Å². The Bertz CT molecular complexity index is 1310. The molecule has 0 aromatic heterocycles. The van der Waals surface area contributed by atoms with Crippen LogP contribution in [0, 0.1) is 0 Å². The summed E-state index contributed by atoms with van der Waals surface area (Å²) in [5.74, 6) is -6.43. The van der Waals surface area contributed by atoms with Crippen LogP contribution in [0.5, 0.6) is 0 Å². The van der Waals surface area contributed by atoms with E-state index in [9.17, 15) is 36.0 Å². The summed E-state index contributed by atoms with van der Waals surface area (Å²) in [7, 11) is -9.34. The molecule has 0 aliphatic rings. The zero-order valence-electron chi connectivity index (χ0n) is 15.2. The van der Waals surface area contributed by atoms with Crippen molar-refractivity contribution in [1.29, 1.82) is 0 Å². The largest absolute Gasteiger partial charge is 0.478 e. The van der Waals surface area contributed by atoms with Crippen molar-refractivity contribution in [3.63, 3.8) is 0 Å². The normalized spacial score (nSPS) is 11.1. The van der Waals surface area contributed by atoms with E-state index in [4.69, 9.17) is 29.5 Å². The van der Waals surface area contributed by atoms with Gasteiger partial charge in [-0.25, -0.2) is 19.2 Å². The summed E-state index contributed by atoms with van der Waals surface area (Å²) < 4.78 is 60.5. The number of carboxylic acids is 4. The van der Waals surface area contributed by atoms with Gasteiger partial charge in [0.1, 0.15) is 4.90 Å². The highest BCUT2D eigenvalue weighted by atomic mass is 32.2. The number of carbonyl (C=O) groups is 4. The Labute approximate surface area is 178 Å². The van der Waals surface area contributed by atoms with Crippen LogP contribution in [-0.2, 0) is 20.2 Å². The van der Waals surface area contributed by atoms with Crippen LogP contribution >= 0.6 is 0 Å². The quantitative estimate of drug-likeness (QED) is 0.303. The van der Waals surface area contributed by atoms with Gasteiger partial charge in [-0.05, 0) is 30.3 Å². The van der Waals surface area contributed by atoms with Crippen molar-refractivity contribution in [1.82, 2.24) is 0 Å². The number of benzene rings is 2. The molecule has 0 unspecified atom stereocenters. The molecule has 0 heterocycles. The van der Waals surface area contributed by atoms with Gasteiger partial charge in [-0.1, -0.05) is 6.07 Å². The van der Waals surface area contributed by atoms with Crippen molar-refractivity contribution in [2.24, 2.45) is 0 Å². The molecule has 14 nitrogen and oxygen atoms in total. The van der Waals surface area contributed by atoms with Gasteiger partial charge in [0.25, 0.3) is 20.2 Å². The van der Waals surface area contributed by atoms with E-state index in [0.717, 1.165) is 30.3 Å². The van der Waals surface area contributed by atoms with Crippen LogP contribution in [0.3, 0.4) is 0 Å². The van der Waals surface area contributed by atoms with Crippen LogP contribution in [0.25, 0.3) is 0 Å². The molecule has 2 aromatic rings. The van der Waals surface area contributed by atoms with Crippen molar-refractivity contribution in [2.75, 3.05) is 0 Å². The molecular weight excluding hydrogens is 480 g/mol. The maximum atomic E-state index is 10.8. The molecule has 0 aliphatic heterocycles. The van der Waals surface area contributed by atoms with E-state index in [1.54, 1.807) is 0 Å². The van der Waals surface area contributed by atoms with Crippen LogP contribution in [-0.4, -0.2) is 70.2 Å². The number of hydrogen-bond donors (Lipinski definition) is 6. The molecule has 0 atom stereocenters. The summed E-state index contributed by atoms with van der Waals surface area (Å²) in [6, 6.07) is 4.96. The first-order valence-corrected chi connectivity index (χ1v) is 10.5. The first-order chi connectivity index (χ1) is 14.5. The standard InChI is InChI=1S/2C8H6O7S/c9-7(10)5-2-1-4(16(13,14)15)3-6(5)8(11)12;9-7(10)4-2-1-3-5(16(13,14)15)6(4)8(11)12/h2*1-3H,(H,9,10)(H,11,12)(H,13,14,15). The fraction of sp³-hybridized carbons (Fsp3) is 0. The van der Waals surface area contributed by atoms with E-state index < -0.39 is 76.2 Å². The van der Waals surface area contributed by atoms with Crippen molar-refractivity contribution in [3.05, 3.63) is 58.7 Å². The zero-order valence-corrected chi connectivity index (χ0v) is 16.9. The number of rotatable bonds is 6. The molecule has 0 spiro atoms. The molecule has 2 rings (SSSR count). The minimum absolute atomic E-state index is 0.556. The maximum absolute atomic E-state index is 10.8. The van der Waals surface area contributed by atoms with Crippen LogP contribution in [0.1, 0.15) is 41.4 Å². The molecule has 0 radical (unpaired) electrons. The van der Waals surface area contributed by atoms with Crippen molar-refractivity contribution in [3.8, 4) is 0 Å². The lowest BCUT2D eigenvalue weighted by molar-refractivity contribution is 0.0648. The molecule has 172 valence electrons. The highest BCUT2D eigenvalue weighted by Gasteiger charge is 2.26. The van der Waals surface area contributed by atoms with Gasteiger partial charge in [-0.3, -0.25) is 9.11 Å². The van der Waals surface area contributed by atoms with E-state index in [1.165, 1.54) is 0 Å². The monoisotopic (exact) mass is 492 g/mol. The van der Waals surface area contributed by atoms with E-state index in [-0.39, 0.29) is 0 Å². The second-order valence-corrected chi connectivity index (χ2v) is 8.37. The first-order valence-electron chi connectivity index (χ1n) is 7.63. The predicted octanol–water partition coefficient (Wildman–Crippen LogP) is 0.659. The summed E-state index contributed by atoms with van der Waals surface area (Å²) in [5.41, 5.74) is -2.93. The van der Waals surface area contributed by atoms with E-state index in [2.05, 4.69) is 0 Å². The lowest BCUT2D eigenvalue weighted by Gasteiger charge is -2.05. The van der Waals surface area contributed by atoms with Crippen LogP contribution in [0.2, 0.25) is 0 Å². The third-order valence-electron chi connectivity index (χ3n) is 3.50. The Kier molecular flexibility index (Phi) is 7.79. The predicted molar refractivity (Wildman–Crippen MR) is 100 cm³/mol. The Morgan fingerprint density at radius 2 is 1.09 bits per heavy atom. The van der Waals surface area contributed by atoms with Gasteiger partial charge in [0.15, 0.2) is 0 Å². The fourth-order valence-corrected chi connectivity index (χ4v) is 3.40. The first kappa shape index (κ1) is 26.2. The average molecular weight is 492 g/mol. The van der Waals surface area contributed by atoms with Gasteiger partial charge in [0, 0.05) is 0 Å². The summed E-state index contributed by atoms with van der Waals surface area (Å²) >= 11 is 0. The molecule has 0 saturated carbocycles. The van der Waals surface area contributed by atoms with Crippen LogP contribution in [0.4, 0.5) is 0 Å². The van der Waals surface area contributed by atoms with Crippen molar-refractivity contribution < 1.29 is 65.5 Å². The summed E-state index contributed by atoms with van der Waals surface area (Å²) in [6.45, 7) is 0. The van der Waals surface area contributed by atoms with Gasteiger partial charge in [0.2, 0.25) is 0 Å². The molecule has 0 aliphatic carbocycles. The third-order valence-corrected chi connectivity index (χ3v) is 5.24.